The minimum atomic E-state index is -0.852. The number of hydrogen-bond donors (Lipinski definition) is 2. The molecule has 2 N–H and O–H groups in total. The van der Waals surface area contributed by atoms with Crippen molar-refractivity contribution in [2.45, 2.75) is 20.0 Å². The molecule has 2 aromatic rings. The van der Waals surface area contributed by atoms with Gasteiger partial charge in [-0.2, -0.15) is 0 Å². The van der Waals surface area contributed by atoms with Crippen molar-refractivity contribution in [1.29, 1.82) is 0 Å². The first kappa shape index (κ1) is 17.0. The van der Waals surface area contributed by atoms with Gasteiger partial charge in [-0.1, -0.05) is 18.2 Å². The normalized spacial score (nSPS) is 11.8. The van der Waals surface area contributed by atoms with Crippen molar-refractivity contribution < 1.29 is 19.0 Å². The van der Waals surface area contributed by atoms with Gasteiger partial charge < -0.3 is 15.2 Å². The Morgan fingerprint density at radius 1 is 1.26 bits per heavy atom. The lowest BCUT2D eigenvalue weighted by atomic mass is 10.1. The Hall–Kier alpha value is -2.40. The molecular weight excluding hydrogens is 297 g/mol. The monoisotopic (exact) mass is 317 g/mol. The predicted molar refractivity (Wildman–Crippen MR) is 86.2 cm³/mol. The van der Waals surface area contributed by atoms with Crippen molar-refractivity contribution in [2.75, 3.05) is 13.2 Å². The molecule has 0 spiro atoms. The smallest absolute Gasteiger partial charge is 0.251 e. The third kappa shape index (κ3) is 5.07. The van der Waals surface area contributed by atoms with E-state index in [1.54, 1.807) is 25.1 Å². The van der Waals surface area contributed by atoms with Gasteiger partial charge in [-0.15, -0.1) is 0 Å². The molecular formula is C18H20FNO3. The Kier molecular flexibility index (Phi) is 5.71. The average Bonchev–Trinajstić information content (AvgIpc) is 2.53. The van der Waals surface area contributed by atoms with Crippen LogP contribution in [0.5, 0.6) is 5.75 Å². The van der Waals surface area contributed by atoms with Gasteiger partial charge in [0.2, 0.25) is 0 Å². The Labute approximate surface area is 134 Å². The number of halogens is 1. The first-order valence-electron chi connectivity index (χ1n) is 7.37. The first-order chi connectivity index (χ1) is 11.0. The van der Waals surface area contributed by atoms with Crippen molar-refractivity contribution in [3.63, 3.8) is 0 Å². The van der Waals surface area contributed by atoms with Gasteiger partial charge in [0, 0.05) is 12.1 Å². The number of nitrogens with one attached hydrogen (secondary N) is 1. The second-order valence-electron chi connectivity index (χ2n) is 5.46. The summed E-state index contributed by atoms with van der Waals surface area (Å²) in [5.41, 5.74) is 1.76. The summed E-state index contributed by atoms with van der Waals surface area (Å²) in [6, 6.07) is 11.7. The molecule has 0 aliphatic carbocycles. The zero-order valence-corrected chi connectivity index (χ0v) is 13.2. The first-order valence-corrected chi connectivity index (χ1v) is 7.37. The van der Waals surface area contributed by atoms with Gasteiger partial charge in [0.1, 0.15) is 24.3 Å². The van der Waals surface area contributed by atoms with Gasteiger partial charge in [-0.25, -0.2) is 4.39 Å². The van der Waals surface area contributed by atoms with E-state index in [9.17, 15) is 14.3 Å². The van der Waals surface area contributed by atoms with Crippen molar-refractivity contribution in [2.24, 2.45) is 0 Å². The summed E-state index contributed by atoms with van der Waals surface area (Å²) in [4.78, 5) is 11.9. The maximum absolute atomic E-state index is 13.4. The highest BCUT2D eigenvalue weighted by atomic mass is 19.1. The Morgan fingerprint density at radius 3 is 2.74 bits per heavy atom. The lowest BCUT2D eigenvalue weighted by Gasteiger charge is -2.14. The number of rotatable bonds is 6. The molecule has 0 saturated carbocycles. The fourth-order valence-electron chi connectivity index (χ4n) is 2.00. The topological polar surface area (TPSA) is 58.6 Å². The SMILES string of the molecule is Cc1cccc(OC[C@H](O)CNC(=O)c2ccc(C)c(F)c2)c1. The van der Waals surface area contributed by atoms with E-state index in [1.807, 2.05) is 25.1 Å². The molecule has 0 aromatic heterocycles. The summed E-state index contributed by atoms with van der Waals surface area (Å²) in [7, 11) is 0. The number of ether oxygens (including phenoxy) is 1. The van der Waals surface area contributed by atoms with E-state index in [1.165, 1.54) is 6.07 Å². The maximum Gasteiger partial charge on any atom is 0.251 e. The van der Waals surface area contributed by atoms with Crippen LogP contribution in [0.25, 0.3) is 0 Å². The van der Waals surface area contributed by atoms with Crippen LogP contribution < -0.4 is 10.1 Å². The largest absolute Gasteiger partial charge is 0.491 e. The molecule has 1 atom stereocenters. The summed E-state index contributed by atoms with van der Waals surface area (Å²) < 4.78 is 18.9. The van der Waals surface area contributed by atoms with E-state index < -0.39 is 17.8 Å². The number of hydrogen-bond acceptors (Lipinski definition) is 3. The van der Waals surface area contributed by atoms with E-state index >= 15 is 0 Å². The molecule has 122 valence electrons. The van der Waals surface area contributed by atoms with E-state index in [0.29, 0.717) is 11.3 Å². The molecule has 0 unspecified atom stereocenters. The van der Waals surface area contributed by atoms with E-state index in [2.05, 4.69) is 5.32 Å². The number of carbonyl (C=O) groups excluding carboxylic acids is 1. The quantitative estimate of drug-likeness (QED) is 0.861. The number of amides is 1. The second kappa shape index (κ2) is 7.74. The van der Waals surface area contributed by atoms with Crippen LogP contribution in [0.3, 0.4) is 0 Å². The van der Waals surface area contributed by atoms with Crippen LogP contribution in [0.15, 0.2) is 42.5 Å². The molecule has 5 heteroatoms. The Balaban J connectivity index is 1.80. The Bertz CT molecular complexity index is 688. The third-order valence-electron chi connectivity index (χ3n) is 3.36. The van der Waals surface area contributed by atoms with Crippen LogP contribution in [-0.4, -0.2) is 30.3 Å². The molecule has 0 bridgehead atoms. The summed E-state index contributed by atoms with van der Waals surface area (Å²) in [5, 5.41) is 12.4. The molecule has 0 aliphatic heterocycles. The highest BCUT2D eigenvalue weighted by Crippen LogP contribution is 2.12. The van der Waals surface area contributed by atoms with Gasteiger partial charge in [0.05, 0.1) is 0 Å². The van der Waals surface area contributed by atoms with Gasteiger partial charge >= 0.3 is 0 Å². The molecule has 2 aromatic carbocycles. The van der Waals surface area contributed by atoms with Crippen LogP contribution >= 0.6 is 0 Å². The maximum atomic E-state index is 13.4. The minimum absolute atomic E-state index is 0.0279. The van der Waals surface area contributed by atoms with Crippen LogP contribution in [0.1, 0.15) is 21.5 Å². The lowest BCUT2D eigenvalue weighted by molar-refractivity contribution is 0.0843. The lowest BCUT2D eigenvalue weighted by Crippen LogP contribution is -2.35. The van der Waals surface area contributed by atoms with Crippen LogP contribution in [0.4, 0.5) is 4.39 Å². The molecule has 0 radical (unpaired) electrons. The fraction of sp³-hybridized carbons (Fsp3) is 0.278. The van der Waals surface area contributed by atoms with Crippen LogP contribution in [-0.2, 0) is 0 Å². The van der Waals surface area contributed by atoms with Crippen molar-refractivity contribution in [3.8, 4) is 5.75 Å². The van der Waals surface area contributed by atoms with E-state index in [4.69, 9.17) is 4.74 Å². The molecule has 0 saturated heterocycles. The van der Waals surface area contributed by atoms with Gasteiger partial charge in [0.15, 0.2) is 0 Å². The number of aliphatic hydroxyl groups excluding tert-OH is 1. The van der Waals surface area contributed by atoms with Gasteiger partial charge in [0.25, 0.3) is 5.91 Å². The highest BCUT2D eigenvalue weighted by Gasteiger charge is 2.11. The third-order valence-corrected chi connectivity index (χ3v) is 3.36. The molecule has 0 heterocycles. The molecule has 0 fully saturated rings. The summed E-state index contributed by atoms with van der Waals surface area (Å²) >= 11 is 0. The highest BCUT2D eigenvalue weighted by molar-refractivity contribution is 5.94. The summed E-state index contributed by atoms with van der Waals surface area (Å²) in [6.45, 7) is 3.67. The number of benzene rings is 2. The van der Waals surface area contributed by atoms with Gasteiger partial charge in [-0.05, 0) is 49.2 Å². The average molecular weight is 317 g/mol. The molecule has 1 amide bonds. The number of aliphatic hydroxyl groups is 1. The predicted octanol–water partition coefficient (Wildman–Crippen LogP) is 2.61. The van der Waals surface area contributed by atoms with E-state index in [0.717, 1.165) is 5.56 Å². The van der Waals surface area contributed by atoms with Crippen molar-refractivity contribution in [1.82, 2.24) is 5.32 Å². The minimum Gasteiger partial charge on any atom is -0.491 e. The zero-order chi connectivity index (χ0) is 16.8. The summed E-state index contributed by atoms with van der Waals surface area (Å²) in [5.74, 6) is -0.199. The standard InChI is InChI=1S/C18H20FNO3/c1-12-4-3-5-16(8-12)23-11-15(21)10-20-18(22)14-7-6-13(2)17(19)9-14/h3-9,15,21H,10-11H2,1-2H3,(H,20,22)/t15-/m1/s1. The Morgan fingerprint density at radius 2 is 2.04 bits per heavy atom. The zero-order valence-electron chi connectivity index (χ0n) is 13.2. The number of aryl methyl sites for hydroxylation is 2. The van der Waals surface area contributed by atoms with Crippen LogP contribution in [0, 0.1) is 19.7 Å². The molecule has 2 rings (SSSR count). The van der Waals surface area contributed by atoms with Crippen molar-refractivity contribution >= 4 is 5.91 Å². The molecule has 23 heavy (non-hydrogen) atoms. The van der Waals surface area contributed by atoms with Crippen molar-refractivity contribution in [3.05, 3.63) is 65.0 Å². The number of carbonyl (C=O) groups is 1. The molecule has 0 aliphatic rings. The summed E-state index contributed by atoms with van der Waals surface area (Å²) in [6.07, 6.45) is -0.852. The van der Waals surface area contributed by atoms with E-state index in [-0.39, 0.29) is 18.7 Å². The molecule has 4 nitrogen and oxygen atoms in total. The second-order valence-corrected chi connectivity index (χ2v) is 5.46. The fourth-order valence-corrected chi connectivity index (χ4v) is 2.00. The van der Waals surface area contributed by atoms with Crippen LogP contribution in [0.2, 0.25) is 0 Å². The van der Waals surface area contributed by atoms with Gasteiger partial charge in [-0.3, -0.25) is 4.79 Å².